The Bertz CT molecular complexity index is 1320. The molecule has 0 radical (unpaired) electrons. The van der Waals surface area contributed by atoms with Crippen molar-refractivity contribution in [2.24, 2.45) is 10.7 Å². The van der Waals surface area contributed by atoms with Crippen LogP contribution in [0.25, 0.3) is 11.3 Å². The highest BCUT2D eigenvalue weighted by Crippen LogP contribution is 2.19. The number of nitrogens with zero attached hydrogens (tertiary/aromatic N) is 2. The molecule has 3 N–H and O–H groups in total. The highest BCUT2D eigenvalue weighted by atomic mass is 16.6. The molecule has 0 bridgehead atoms. The topological polar surface area (TPSA) is 116 Å². The van der Waals surface area contributed by atoms with Crippen molar-refractivity contribution >= 4 is 17.7 Å². The Balaban J connectivity index is 1.94. The van der Waals surface area contributed by atoms with Gasteiger partial charge in [-0.1, -0.05) is 60.7 Å². The van der Waals surface area contributed by atoms with Gasteiger partial charge in [-0.05, 0) is 63.8 Å². The van der Waals surface area contributed by atoms with Gasteiger partial charge in [0.1, 0.15) is 17.2 Å². The number of benzene rings is 2. The number of esters is 1. The number of nitrogens with two attached hydrogens (primary N) is 1. The average Bonchev–Trinajstić information content (AvgIpc) is 2.86. The molecule has 0 aliphatic rings. The van der Waals surface area contributed by atoms with E-state index in [9.17, 15) is 14.4 Å². The number of aromatic nitrogens is 1. The van der Waals surface area contributed by atoms with Gasteiger partial charge in [0.05, 0.1) is 18.1 Å². The Morgan fingerprint density at radius 2 is 1.63 bits per heavy atom. The first-order chi connectivity index (χ1) is 18.0. The first-order valence-corrected chi connectivity index (χ1v) is 12.7. The van der Waals surface area contributed by atoms with E-state index in [0.29, 0.717) is 24.5 Å². The Labute approximate surface area is 223 Å². The monoisotopic (exact) mass is 516 g/mol. The lowest BCUT2D eigenvalue weighted by molar-refractivity contribution is -0.157. The molecule has 1 aromatic heterocycles. The van der Waals surface area contributed by atoms with Gasteiger partial charge in [0.25, 0.3) is 11.5 Å². The fraction of sp³-hybridized carbons (Fsp3) is 0.333. The lowest BCUT2D eigenvalue weighted by atomic mass is 10.1. The number of rotatable bonds is 10. The van der Waals surface area contributed by atoms with Gasteiger partial charge in [0, 0.05) is 6.54 Å². The molecule has 1 heterocycles. The summed E-state index contributed by atoms with van der Waals surface area (Å²) in [4.78, 5) is 44.1. The molecule has 3 aromatic rings. The molecule has 8 nitrogen and oxygen atoms in total. The average molecular weight is 517 g/mol. The zero-order valence-electron chi connectivity index (χ0n) is 22.4. The van der Waals surface area contributed by atoms with Crippen molar-refractivity contribution in [3.05, 3.63) is 94.3 Å². The van der Waals surface area contributed by atoms with Crippen LogP contribution >= 0.6 is 0 Å². The van der Waals surface area contributed by atoms with Crippen LogP contribution < -0.4 is 16.6 Å². The molecular formula is C30H36N4O4. The molecule has 200 valence electrons. The minimum Gasteiger partial charge on any atom is -0.458 e. The number of carbonyl (C=O) groups excluding carboxylic acids is 2. The van der Waals surface area contributed by atoms with Gasteiger partial charge >= 0.3 is 5.97 Å². The van der Waals surface area contributed by atoms with E-state index in [1.165, 1.54) is 6.07 Å². The first-order valence-electron chi connectivity index (χ1n) is 12.7. The van der Waals surface area contributed by atoms with E-state index in [1.807, 2.05) is 60.7 Å². The summed E-state index contributed by atoms with van der Waals surface area (Å²) >= 11 is 0. The lowest BCUT2D eigenvalue weighted by Gasteiger charge is -2.24. The summed E-state index contributed by atoms with van der Waals surface area (Å²) in [5, 5.41) is 2.73. The molecule has 2 aromatic carbocycles. The lowest BCUT2D eigenvalue weighted by Crippen LogP contribution is -2.46. The maximum atomic E-state index is 13.7. The normalized spacial score (nSPS) is 12.6. The van der Waals surface area contributed by atoms with Crippen LogP contribution in [0.5, 0.6) is 0 Å². The summed E-state index contributed by atoms with van der Waals surface area (Å²) in [5.41, 5.74) is 6.84. The van der Waals surface area contributed by atoms with E-state index in [4.69, 9.17) is 10.5 Å². The van der Waals surface area contributed by atoms with Gasteiger partial charge in [-0.15, -0.1) is 0 Å². The molecule has 0 aliphatic carbocycles. The van der Waals surface area contributed by atoms with E-state index < -0.39 is 29.1 Å². The summed E-state index contributed by atoms with van der Waals surface area (Å²) in [6, 6.07) is 21.4. The second-order valence-corrected chi connectivity index (χ2v) is 10.1. The van der Waals surface area contributed by atoms with Crippen LogP contribution in [0.15, 0.2) is 82.6 Å². The standard InChI is InChI=1S/C30H36N4O4/c1-21(31)32-19-11-16-25(29(37)38-30(2,3)4)33-27(35)24-17-18-26(23-14-9-6-10-15-23)34(28(24)36)20-22-12-7-5-8-13-22/h5-10,12-15,17-18,25H,11,16,19-20H2,1-4H3,(H2,31,32)(H,33,35)/t25-/m0/s1. The minimum absolute atomic E-state index is 0.0509. The first kappa shape index (κ1) is 28.4. The van der Waals surface area contributed by atoms with Crippen LogP contribution in [0, 0.1) is 0 Å². The number of amides is 1. The summed E-state index contributed by atoms with van der Waals surface area (Å²) in [6.07, 6.45) is 0.793. The summed E-state index contributed by atoms with van der Waals surface area (Å²) in [7, 11) is 0. The molecular weight excluding hydrogens is 480 g/mol. The van der Waals surface area contributed by atoms with Crippen molar-refractivity contribution in [3.63, 3.8) is 0 Å². The number of amidine groups is 1. The number of ether oxygens (including phenoxy) is 1. The molecule has 1 amide bonds. The van der Waals surface area contributed by atoms with Gasteiger partial charge in [-0.2, -0.15) is 0 Å². The molecule has 0 saturated heterocycles. The van der Waals surface area contributed by atoms with Gasteiger partial charge in [0.15, 0.2) is 0 Å². The van der Waals surface area contributed by atoms with Crippen LogP contribution in [-0.2, 0) is 16.1 Å². The number of pyridine rings is 1. The Hall–Kier alpha value is -4.20. The highest BCUT2D eigenvalue weighted by Gasteiger charge is 2.28. The predicted molar refractivity (Wildman–Crippen MR) is 150 cm³/mol. The van der Waals surface area contributed by atoms with E-state index >= 15 is 0 Å². The predicted octanol–water partition coefficient (Wildman–Crippen LogP) is 4.16. The van der Waals surface area contributed by atoms with E-state index in [-0.39, 0.29) is 18.5 Å². The second kappa shape index (κ2) is 12.9. The van der Waals surface area contributed by atoms with Crippen LogP contribution in [0.2, 0.25) is 0 Å². The number of aliphatic imine (C=N–C) groups is 1. The van der Waals surface area contributed by atoms with Gasteiger partial charge in [-0.25, -0.2) is 4.79 Å². The van der Waals surface area contributed by atoms with E-state index in [2.05, 4.69) is 10.3 Å². The van der Waals surface area contributed by atoms with Crippen LogP contribution in [-0.4, -0.2) is 40.5 Å². The molecule has 0 fully saturated rings. The van der Waals surface area contributed by atoms with Gasteiger partial charge in [-0.3, -0.25) is 14.6 Å². The van der Waals surface area contributed by atoms with Crippen molar-refractivity contribution in [1.82, 2.24) is 9.88 Å². The van der Waals surface area contributed by atoms with Crippen molar-refractivity contribution in [2.75, 3.05) is 6.54 Å². The van der Waals surface area contributed by atoms with E-state index in [1.54, 1.807) is 38.3 Å². The quantitative estimate of drug-likeness (QED) is 0.182. The summed E-state index contributed by atoms with van der Waals surface area (Å²) in [5.74, 6) is -0.754. The number of hydrogen-bond acceptors (Lipinski definition) is 5. The Morgan fingerprint density at radius 3 is 2.24 bits per heavy atom. The molecule has 0 unspecified atom stereocenters. The number of nitrogens with one attached hydrogen (secondary N) is 1. The molecule has 0 spiro atoms. The molecule has 0 saturated carbocycles. The smallest absolute Gasteiger partial charge is 0.329 e. The van der Waals surface area contributed by atoms with Gasteiger partial charge < -0.3 is 20.4 Å². The Kier molecular flexibility index (Phi) is 9.60. The highest BCUT2D eigenvalue weighted by molar-refractivity contribution is 5.96. The minimum atomic E-state index is -0.939. The summed E-state index contributed by atoms with van der Waals surface area (Å²) < 4.78 is 7.11. The van der Waals surface area contributed by atoms with Crippen molar-refractivity contribution in [1.29, 1.82) is 0 Å². The number of hydrogen-bond donors (Lipinski definition) is 2. The van der Waals surface area contributed by atoms with Crippen molar-refractivity contribution < 1.29 is 14.3 Å². The molecule has 1 atom stereocenters. The largest absolute Gasteiger partial charge is 0.458 e. The van der Waals surface area contributed by atoms with Crippen LogP contribution in [0.4, 0.5) is 0 Å². The maximum absolute atomic E-state index is 13.7. The fourth-order valence-electron chi connectivity index (χ4n) is 3.94. The fourth-order valence-corrected chi connectivity index (χ4v) is 3.94. The molecule has 8 heteroatoms. The third-order valence-electron chi connectivity index (χ3n) is 5.68. The third kappa shape index (κ3) is 8.16. The van der Waals surface area contributed by atoms with Gasteiger partial charge in [0.2, 0.25) is 0 Å². The van der Waals surface area contributed by atoms with Crippen LogP contribution in [0.3, 0.4) is 0 Å². The molecule has 38 heavy (non-hydrogen) atoms. The molecule has 3 rings (SSSR count). The number of carbonyl (C=O) groups is 2. The van der Waals surface area contributed by atoms with E-state index in [0.717, 1.165) is 11.1 Å². The van der Waals surface area contributed by atoms with Crippen molar-refractivity contribution in [3.8, 4) is 11.3 Å². The third-order valence-corrected chi connectivity index (χ3v) is 5.68. The summed E-state index contributed by atoms with van der Waals surface area (Å²) in [6.45, 7) is 7.67. The van der Waals surface area contributed by atoms with Crippen molar-refractivity contribution in [2.45, 2.75) is 58.7 Å². The zero-order chi connectivity index (χ0) is 27.7. The SMILES string of the molecule is CC(N)=NCCC[C@H](NC(=O)c1ccc(-c2ccccc2)n(Cc2ccccc2)c1=O)C(=O)OC(C)(C)C. The molecule has 0 aliphatic heterocycles. The maximum Gasteiger partial charge on any atom is 0.329 e. The Morgan fingerprint density at radius 1 is 1.00 bits per heavy atom. The second-order valence-electron chi connectivity index (χ2n) is 10.1. The zero-order valence-corrected chi connectivity index (χ0v) is 22.4. The van der Waals surface area contributed by atoms with Crippen LogP contribution in [0.1, 0.15) is 56.5 Å².